The zero-order chi connectivity index (χ0) is 19.2. The summed E-state index contributed by atoms with van der Waals surface area (Å²) >= 11 is 6.92. The van der Waals surface area contributed by atoms with Gasteiger partial charge in [-0.3, -0.25) is 20.0 Å². The second kappa shape index (κ2) is 8.65. The number of nitro groups is 1. The van der Waals surface area contributed by atoms with Crippen LogP contribution in [0.2, 0.25) is 5.02 Å². The number of benzene rings is 2. The van der Waals surface area contributed by atoms with E-state index in [9.17, 15) is 14.9 Å². The van der Waals surface area contributed by atoms with Crippen LogP contribution in [-0.2, 0) is 11.2 Å². The van der Waals surface area contributed by atoms with Gasteiger partial charge in [-0.15, -0.1) is 5.10 Å². The van der Waals surface area contributed by atoms with Gasteiger partial charge in [-0.1, -0.05) is 53.7 Å². The minimum atomic E-state index is -0.603. The average Bonchev–Trinajstić information content (AvgIpc) is 3.09. The Hall–Kier alpha value is -2.91. The molecular formula is C17H14ClN5O3S. The van der Waals surface area contributed by atoms with Gasteiger partial charge in [0.05, 0.1) is 10.7 Å². The Morgan fingerprint density at radius 1 is 1.26 bits per heavy atom. The summed E-state index contributed by atoms with van der Waals surface area (Å²) in [5, 5.41) is 20.9. The highest BCUT2D eigenvalue weighted by molar-refractivity contribution is 7.99. The van der Waals surface area contributed by atoms with E-state index in [1.807, 2.05) is 30.3 Å². The second-order valence-electron chi connectivity index (χ2n) is 5.49. The fourth-order valence-corrected chi connectivity index (χ4v) is 3.07. The topological polar surface area (TPSA) is 114 Å². The fourth-order valence-electron chi connectivity index (χ4n) is 2.27. The quantitative estimate of drug-likeness (QED) is 0.353. The number of amides is 1. The lowest BCUT2D eigenvalue weighted by molar-refractivity contribution is -0.384. The van der Waals surface area contributed by atoms with Crippen LogP contribution < -0.4 is 5.32 Å². The minimum absolute atomic E-state index is 0.0130. The van der Waals surface area contributed by atoms with Gasteiger partial charge in [0.25, 0.3) is 5.69 Å². The number of anilines is 1. The number of rotatable bonds is 7. The predicted octanol–water partition coefficient (Wildman–Crippen LogP) is 3.69. The summed E-state index contributed by atoms with van der Waals surface area (Å²) in [4.78, 5) is 26.7. The number of nitrogens with one attached hydrogen (secondary N) is 2. The van der Waals surface area contributed by atoms with Gasteiger partial charge >= 0.3 is 0 Å². The molecule has 0 bridgehead atoms. The number of aromatic nitrogens is 3. The zero-order valence-electron chi connectivity index (χ0n) is 13.9. The third kappa shape index (κ3) is 5.28. The van der Waals surface area contributed by atoms with E-state index < -0.39 is 4.92 Å². The molecule has 10 heteroatoms. The van der Waals surface area contributed by atoms with Gasteiger partial charge in [-0.05, 0) is 17.7 Å². The van der Waals surface area contributed by atoms with Crippen molar-refractivity contribution in [1.82, 2.24) is 15.2 Å². The fraction of sp³-hybridized carbons (Fsp3) is 0.118. The smallest absolute Gasteiger partial charge is 0.289 e. The van der Waals surface area contributed by atoms with Gasteiger partial charge in [-0.2, -0.15) is 0 Å². The highest BCUT2D eigenvalue weighted by Gasteiger charge is 2.14. The Morgan fingerprint density at radius 2 is 2.04 bits per heavy atom. The number of carbonyl (C=O) groups excluding carboxylic acids is 1. The van der Waals surface area contributed by atoms with E-state index in [-0.39, 0.29) is 22.4 Å². The Balaban J connectivity index is 1.54. The Bertz CT molecular complexity index is 964. The summed E-state index contributed by atoms with van der Waals surface area (Å²) in [6, 6.07) is 13.9. The van der Waals surface area contributed by atoms with Crippen LogP contribution in [0.15, 0.2) is 53.7 Å². The minimum Gasteiger partial charge on any atom is -0.325 e. The number of thioether (sulfide) groups is 1. The summed E-state index contributed by atoms with van der Waals surface area (Å²) in [6.07, 6.45) is 0.620. The summed E-state index contributed by atoms with van der Waals surface area (Å²) < 4.78 is 0. The standard InChI is InChI=1S/C17H14ClN5O3S/c18-13-7-6-12(9-14(13)23(25)26)19-16(24)10-27-17-20-15(21-22-17)8-11-4-2-1-3-5-11/h1-7,9H,8,10H2,(H,19,24)(H,20,21,22). The average molecular weight is 404 g/mol. The summed E-state index contributed by atoms with van der Waals surface area (Å²) in [6.45, 7) is 0. The molecule has 0 aliphatic rings. The van der Waals surface area contributed by atoms with E-state index in [0.29, 0.717) is 23.1 Å². The van der Waals surface area contributed by atoms with E-state index in [0.717, 1.165) is 5.56 Å². The Morgan fingerprint density at radius 3 is 2.78 bits per heavy atom. The molecule has 0 aliphatic carbocycles. The van der Waals surface area contributed by atoms with Crippen molar-refractivity contribution in [3.05, 3.63) is 75.1 Å². The van der Waals surface area contributed by atoms with Crippen molar-refractivity contribution in [3.8, 4) is 0 Å². The van der Waals surface area contributed by atoms with Crippen LogP contribution in [0, 0.1) is 10.1 Å². The molecule has 0 radical (unpaired) electrons. The largest absolute Gasteiger partial charge is 0.325 e. The predicted molar refractivity (Wildman–Crippen MR) is 103 cm³/mol. The van der Waals surface area contributed by atoms with E-state index in [2.05, 4.69) is 20.5 Å². The molecule has 0 saturated carbocycles. The van der Waals surface area contributed by atoms with E-state index >= 15 is 0 Å². The maximum Gasteiger partial charge on any atom is 0.289 e. The molecule has 2 N–H and O–H groups in total. The SMILES string of the molecule is O=C(CSc1n[nH]c(Cc2ccccc2)n1)Nc1ccc(Cl)c([N+](=O)[O-])c1. The second-order valence-corrected chi connectivity index (χ2v) is 6.84. The first kappa shape index (κ1) is 18.9. The van der Waals surface area contributed by atoms with E-state index in [1.165, 1.54) is 30.0 Å². The van der Waals surface area contributed by atoms with Gasteiger partial charge in [-0.25, -0.2) is 4.98 Å². The molecule has 1 amide bonds. The molecule has 3 rings (SSSR count). The summed E-state index contributed by atoms with van der Waals surface area (Å²) in [7, 11) is 0. The molecule has 1 heterocycles. The van der Waals surface area contributed by atoms with Gasteiger partial charge in [0, 0.05) is 18.2 Å². The lowest BCUT2D eigenvalue weighted by Gasteiger charge is -2.04. The number of hydrogen-bond donors (Lipinski definition) is 2. The zero-order valence-corrected chi connectivity index (χ0v) is 15.5. The third-order valence-corrected chi connectivity index (χ3v) is 4.65. The third-order valence-electron chi connectivity index (χ3n) is 3.48. The lowest BCUT2D eigenvalue weighted by Crippen LogP contribution is -2.14. The Kier molecular flexibility index (Phi) is 6.05. The van der Waals surface area contributed by atoms with Crippen molar-refractivity contribution in [3.63, 3.8) is 0 Å². The molecule has 27 heavy (non-hydrogen) atoms. The van der Waals surface area contributed by atoms with Gasteiger partial charge < -0.3 is 5.32 Å². The normalized spacial score (nSPS) is 10.6. The molecule has 3 aromatic rings. The van der Waals surface area contributed by atoms with Gasteiger partial charge in [0.2, 0.25) is 11.1 Å². The monoisotopic (exact) mass is 403 g/mol. The first-order chi connectivity index (χ1) is 13.0. The molecule has 0 fully saturated rings. The first-order valence-electron chi connectivity index (χ1n) is 7.83. The highest BCUT2D eigenvalue weighted by Crippen LogP contribution is 2.27. The van der Waals surface area contributed by atoms with Crippen molar-refractivity contribution in [2.24, 2.45) is 0 Å². The first-order valence-corrected chi connectivity index (χ1v) is 9.19. The van der Waals surface area contributed by atoms with Crippen molar-refractivity contribution >= 4 is 40.6 Å². The maximum absolute atomic E-state index is 12.0. The number of nitrogens with zero attached hydrogens (tertiary/aromatic N) is 3. The molecule has 2 aromatic carbocycles. The molecule has 0 aliphatic heterocycles. The van der Waals surface area contributed by atoms with Crippen molar-refractivity contribution in [1.29, 1.82) is 0 Å². The van der Waals surface area contributed by atoms with Crippen molar-refractivity contribution in [2.75, 3.05) is 11.1 Å². The molecule has 0 atom stereocenters. The van der Waals surface area contributed by atoms with Crippen LogP contribution in [0.25, 0.3) is 0 Å². The highest BCUT2D eigenvalue weighted by atomic mass is 35.5. The van der Waals surface area contributed by atoms with Crippen LogP contribution in [0.1, 0.15) is 11.4 Å². The molecular weight excluding hydrogens is 390 g/mol. The molecule has 1 aromatic heterocycles. The molecule has 8 nitrogen and oxygen atoms in total. The maximum atomic E-state index is 12.0. The number of aromatic amines is 1. The number of H-pyrrole nitrogens is 1. The van der Waals surface area contributed by atoms with Crippen LogP contribution in [0.4, 0.5) is 11.4 Å². The Labute approximate surface area is 163 Å². The molecule has 0 unspecified atom stereocenters. The number of hydrogen-bond acceptors (Lipinski definition) is 6. The molecule has 138 valence electrons. The van der Waals surface area contributed by atoms with Crippen molar-refractivity contribution in [2.45, 2.75) is 11.6 Å². The van der Waals surface area contributed by atoms with Gasteiger partial charge in [0.15, 0.2) is 0 Å². The number of nitro benzene ring substituents is 1. The number of carbonyl (C=O) groups is 1. The summed E-state index contributed by atoms with van der Waals surface area (Å²) in [5.74, 6) is 0.447. The van der Waals surface area contributed by atoms with E-state index in [4.69, 9.17) is 11.6 Å². The van der Waals surface area contributed by atoms with Crippen LogP contribution >= 0.6 is 23.4 Å². The van der Waals surface area contributed by atoms with Crippen LogP contribution in [0.5, 0.6) is 0 Å². The lowest BCUT2D eigenvalue weighted by atomic mass is 10.1. The van der Waals surface area contributed by atoms with Crippen molar-refractivity contribution < 1.29 is 9.72 Å². The number of halogens is 1. The van der Waals surface area contributed by atoms with Crippen LogP contribution in [-0.4, -0.2) is 31.8 Å². The molecule has 0 spiro atoms. The summed E-state index contributed by atoms with van der Waals surface area (Å²) in [5.41, 5.74) is 1.14. The van der Waals surface area contributed by atoms with Crippen LogP contribution in [0.3, 0.4) is 0 Å². The molecule has 0 saturated heterocycles. The van der Waals surface area contributed by atoms with Gasteiger partial charge in [0.1, 0.15) is 10.8 Å². The van der Waals surface area contributed by atoms with E-state index in [1.54, 1.807) is 0 Å².